The van der Waals surface area contributed by atoms with E-state index in [2.05, 4.69) is 24.4 Å². The fourth-order valence-corrected chi connectivity index (χ4v) is 3.04. The minimum Gasteiger partial charge on any atom is -0.482 e. The smallest absolute Gasteiger partial charge is 0.258 e. The number of aryl methyl sites for hydroxylation is 1. The largest absolute Gasteiger partial charge is 0.482 e. The molecule has 1 aromatic carbocycles. The number of nitrogens with one attached hydrogen (secondary N) is 1. The summed E-state index contributed by atoms with van der Waals surface area (Å²) in [5.74, 6) is 0.396. The Kier molecular flexibility index (Phi) is 5.22. The van der Waals surface area contributed by atoms with E-state index < -0.39 is 0 Å². The Morgan fingerprint density at radius 3 is 2.76 bits per heavy atom. The lowest BCUT2D eigenvalue weighted by Crippen LogP contribution is -2.37. The number of hydrogen-bond acceptors (Lipinski definition) is 4. The highest BCUT2D eigenvalue weighted by molar-refractivity contribution is 7.11. The number of carbonyl (C=O) groups is 1. The van der Waals surface area contributed by atoms with Gasteiger partial charge < -0.3 is 15.8 Å². The van der Waals surface area contributed by atoms with Crippen LogP contribution in [-0.4, -0.2) is 18.6 Å². The van der Waals surface area contributed by atoms with Crippen LogP contribution in [0, 0.1) is 6.92 Å². The average Bonchev–Trinajstić information content (AvgIpc) is 2.83. The summed E-state index contributed by atoms with van der Waals surface area (Å²) in [5.41, 5.74) is 6.29. The molecule has 0 radical (unpaired) electrons. The summed E-state index contributed by atoms with van der Waals surface area (Å²) in [6.45, 7) is 4.04. The van der Waals surface area contributed by atoms with Crippen LogP contribution in [-0.2, 0) is 11.2 Å². The number of nitrogen functional groups attached to an aromatic ring is 1. The Labute approximate surface area is 128 Å². The van der Waals surface area contributed by atoms with Crippen molar-refractivity contribution in [3.05, 3.63) is 46.2 Å². The molecule has 1 amide bonds. The quantitative estimate of drug-likeness (QED) is 0.807. The van der Waals surface area contributed by atoms with E-state index >= 15 is 0 Å². The van der Waals surface area contributed by atoms with Gasteiger partial charge in [0, 0.05) is 22.2 Å². The Balaban J connectivity index is 1.77. The molecule has 1 heterocycles. The Hall–Kier alpha value is -2.01. The van der Waals surface area contributed by atoms with Crippen molar-refractivity contribution in [2.24, 2.45) is 0 Å². The van der Waals surface area contributed by atoms with Crippen molar-refractivity contribution in [1.82, 2.24) is 5.32 Å². The lowest BCUT2D eigenvalue weighted by atomic mass is 10.2. The second-order valence-electron chi connectivity index (χ2n) is 5.01. The average molecular weight is 304 g/mol. The summed E-state index contributed by atoms with van der Waals surface area (Å²) in [4.78, 5) is 14.4. The highest BCUT2D eigenvalue weighted by atomic mass is 32.1. The molecule has 0 saturated carbocycles. The minimum absolute atomic E-state index is 0.0258. The summed E-state index contributed by atoms with van der Waals surface area (Å²) in [6, 6.07) is 11.4. The van der Waals surface area contributed by atoms with Crippen LogP contribution in [0.3, 0.4) is 0 Å². The van der Waals surface area contributed by atoms with Crippen LogP contribution in [0.1, 0.15) is 16.7 Å². The number of carbonyl (C=O) groups excluding carboxylic acids is 1. The van der Waals surface area contributed by atoms with E-state index in [1.807, 2.05) is 19.1 Å². The van der Waals surface area contributed by atoms with Gasteiger partial charge in [-0.15, -0.1) is 11.3 Å². The van der Waals surface area contributed by atoms with E-state index in [1.165, 1.54) is 9.75 Å². The first-order chi connectivity index (χ1) is 10.0. The van der Waals surface area contributed by atoms with Crippen LogP contribution in [0.15, 0.2) is 36.4 Å². The first-order valence-electron chi connectivity index (χ1n) is 6.86. The molecule has 0 saturated heterocycles. The van der Waals surface area contributed by atoms with E-state index in [9.17, 15) is 4.79 Å². The molecule has 5 heteroatoms. The fourth-order valence-electron chi connectivity index (χ4n) is 2.02. The van der Waals surface area contributed by atoms with Gasteiger partial charge >= 0.3 is 0 Å². The number of nitrogens with two attached hydrogens (primary N) is 1. The van der Waals surface area contributed by atoms with Crippen molar-refractivity contribution >= 4 is 22.9 Å². The molecule has 0 spiro atoms. The SMILES string of the molecule is Cc1ccc(CC(C)NC(=O)COc2ccccc2N)s1. The van der Waals surface area contributed by atoms with E-state index in [-0.39, 0.29) is 18.6 Å². The lowest BCUT2D eigenvalue weighted by Gasteiger charge is -2.14. The predicted octanol–water partition coefficient (Wildman–Crippen LogP) is 2.76. The number of thiophene rings is 1. The van der Waals surface area contributed by atoms with Gasteiger partial charge in [-0.25, -0.2) is 0 Å². The monoisotopic (exact) mass is 304 g/mol. The lowest BCUT2D eigenvalue weighted by molar-refractivity contribution is -0.123. The molecular weight excluding hydrogens is 284 g/mol. The highest BCUT2D eigenvalue weighted by Gasteiger charge is 2.10. The summed E-state index contributed by atoms with van der Waals surface area (Å²) in [5, 5.41) is 2.93. The number of amides is 1. The predicted molar refractivity (Wildman–Crippen MR) is 86.7 cm³/mol. The third-order valence-electron chi connectivity index (χ3n) is 2.99. The van der Waals surface area contributed by atoms with Gasteiger partial charge in [0.2, 0.25) is 0 Å². The third-order valence-corrected chi connectivity index (χ3v) is 4.01. The van der Waals surface area contributed by atoms with Crippen molar-refractivity contribution in [2.45, 2.75) is 26.3 Å². The van der Waals surface area contributed by atoms with Crippen molar-refractivity contribution in [3.8, 4) is 5.75 Å². The summed E-state index contributed by atoms with van der Waals surface area (Å²) >= 11 is 1.76. The minimum atomic E-state index is -0.140. The summed E-state index contributed by atoms with van der Waals surface area (Å²) in [7, 11) is 0. The zero-order chi connectivity index (χ0) is 15.2. The number of ether oxygens (including phenoxy) is 1. The first-order valence-corrected chi connectivity index (χ1v) is 7.68. The molecule has 2 aromatic rings. The van der Waals surface area contributed by atoms with Crippen LogP contribution < -0.4 is 15.8 Å². The van der Waals surface area contributed by atoms with Gasteiger partial charge in [-0.3, -0.25) is 4.79 Å². The van der Waals surface area contributed by atoms with E-state index in [0.717, 1.165) is 6.42 Å². The molecule has 21 heavy (non-hydrogen) atoms. The van der Waals surface area contributed by atoms with Crippen LogP contribution >= 0.6 is 11.3 Å². The van der Waals surface area contributed by atoms with Gasteiger partial charge in [-0.1, -0.05) is 12.1 Å². The van der Waals surface area contributed by atoms with E-state index in [0.29, 0.717) is 11.4 Å². The van der Waals surface area contributed by atoms with Gasteiger partial charge in [0.25, 0.3) is 5.91 Å². The Bertz CT molecular complexity index is 610. The Morgan fingerprint density at radius 1 is 1.33 bits per heavy atom. The van der Waals surface area contributed by atoms with Gasteiger partial charge in [0.15, 0.2) is 6.61 Å². The molecule has 1 atom stereocenters. The van der Waals surface area contributed by atoms with Crippen molar-refractivity contribution in [1.29, 1.82) is 0 Å². The molecular formula is C16H20N2O2S. The second kappa shape index (κ2) is 7.13. The summed E-state index contributed by atoms with van der Waals surface area (Å²) < 4.78 is 5.42. The first kappa shape index (κ1) is 15.4. The molecule has 2 rings (SSSR count). The van der Waals surface area contributed by atoms with E-state index in [1.54, 1.807) is 23.5 Å². The third kappa shape index (κ3) is 4.79. The van der Waals surface area contributed by atoms with Gasteiger partial charge in [0.05, 0.1) is 5.69 Å². The van der Waals surface area contributed by atoms with Gasteiger partial charge in [-0.05, 0) is 38.1 Å². The molecule has 0 fully saturated rings. The Morgan fingerprint density at radius 2 is 2.10 bits per heavy atom. The van der Waals surface area contributed by atoms with Gasteiger partial charge in [0.1, 0.15) is 5.75 Å². The van der Waals surface area contributed by atoms with Crippen LogP contribution in [0.2, 0.25) is 0 Å². The van der Waals surface area contributed by atoms with Crippen molar-refractivity contribution in [2.75, 3.05) is 12.3 Å². The molecule has 4 nitrogen and oxygen atoms in total. The molecule has 3 N–H and O–H groups in total. The molecule has 0 aliphatic rings. The molecule has 112 valence electrons. The number of benzene rings is 1. The summed E-state index contributed by atoms with van der Waals surface area (Å²) in [6.07, 6.45) is 0.831. The standard InChI is InChI=1S/C16H20N2O2S/c1-11(9-13-8-7-12(2)21-13)18-16(19)10-20-15-6-4-3-5-14(15)17/h3-8,11H,9-10,17H2,1-2H3,(H,18,19). The maximum Gasteiger partial charge on any atom is 0.258 e. The fraction of sp³-hybridized carbons (Fsp3) is 0.312. The van der Waals surface area contributed by atoms with Gasteiger partial charge in [-0.2, -0.15) is 0 Å². The normalized spacial score (nSPS) is 11.9. The number of rotatable bonds is 6. The zero-order valence-electron chi connectivity index (χ0n) is 12.3. The van der Waals surface area contributed by atoms with Crippen molar-refractivity contribution in [3.63, 3.8) is 0 Å². The topological polar surface area (TPSA) is 64.3 Å². The van der Waals surface area contributed by atoms with Crippen LogP contribution in [0.4, 0.5) is 5.69 Å². The van der Waals surface area contributed by atoms with Crippen molar-refractivity contribution < 1.29 is 9.53 Å². The van der Waals surface area contributed by atoms with E-state index in [4.69, 9.17) is 10.5 Å². The molecule has 0 aliphatic heterocycles. The highest BCUT2D eigenvalue weighted by Crippen LogP contribution is 2.19. The zero-order valence-corrected chi connectivity index (χ0v) is 13.1. The maximum atomic E-state index is 11.9. The molecule has 1 unspecified atom stereocenters. The number of para-hydroxylation sites is 2. The van der Waals surface area contributed by atoms with Crippen LogP contribution in [0.25, 0.3) is 0 Å². The van der Waals surface area contributed by atoms with Crippen LogP contribution in [0.5, 0.6) is 5.75 Å². The molecule has 0 bridgehead atoms. The maximum absolute atomic E-state index is 11.9. The number of anilines is 1. The second-order valence-corrected chi connectivity index (χ2v) is 6.38. The molecule has 1 aromatic heterocycles. The number of hydrogen-bond donors (Lipinski definition) is 2. The molecule has 0 aliphatic carbocycles.